The number of rotatable bonds is 10. The monoisotopic (exact) mass is 569 g/mol. The molecular formula is C26H21BrFN3O6. The minimum atomic E-state index is -0.832. The van der Waals surface area contributed by atoms with Gasteiger partial charge in [0.15, 0.2) is 11.5 Å². The fourth-order valence-electron chi connectivity index (χ4n) is 3.21. The van der Waals surface area contributed by atoms with Crippen LogP contribution < -0.4 is 19.5 Å². The average Bonchev–Trinajstić information content (AvgIpc) is 2.88. The Hall–Kier alpha value is -4.43. The number of benzene rings is 3. The lowest BCUT2D eigenvalue weighted by molar-refractivity contribution is -0.384. The molecular weight excluding hydrogens is 549 g/mol. The van der Waals surface area contributed by atoms with Crippen LogP contribution in [-0.2, 0) is 11.4 Å². The number of anilines is 1. The van der Waals surface area contributed by atoms with Gasteiger partial charge < -0.3 is 19.5 Å². The van der Waals surface area contributed by atoms with Crippen molar-refractivity contribution in [1.29, 1.82) is 5.26 Å². The van der Waals surface area contributed by atoms with E-state index in [1.807, 2.05) is 6.07 Å². The van der Waals surface area contributed by atoms with Crippen molar-refractivity contribution >= 4 is 39.3 Å². The molecule has 1 amide bonds. The maximum atomic E-state index is 13.2. The molecule has 3 aromatic carbocycles. The van der Waals surface area contributed by atoms with Gasteiger partial charge in [-0.25, -0.2) is 4.39 Å². The highest BCUT2D eigenvalue weighted by Gasteiger charge is 2.20. The molecule has 0 fully saturated rings. The molecule has 3 aromatic rings. The third-order valence-corrected chi connectivity index (χ3v) is 5.54. The fraction of sp³-hybridized carbons (Fsp3) is 0.154. The molecule has 190 valence electrons. The van der Waals surface area contributed by atoms with E-state index in [1.165, 1.54) is 43.5 Å². The highest BCUT2D eigenvalue weighted by molar-refractivity contribution is 9.10. The third kappa shape index (κ3) is 7.05. The number of hydrogen-bond donors (Lipinski definition) is 1. The predicted molar refractivity (Wildman–Crippen MR) is 138 cm³/mol. The van der Waals surface area contributed by atoms with Gasteiger partial charge in [0.05, 0.1) is 29.2 Å². The van der Waals surface area contributed by atoms with Gasteiger partial charge in [0.1, 0.15) is 35.5 Å². The Labute approximate surface area is 220 Å². The van der Waals surface area contributed by atoms with Gasteiger partial charge in [0.25, 0.3) is 11.6 Å². The summed E-state index contributed by atoms with van der Waals surface area (Å²) in [4.78, 5) is 23.5. The van der Waals surface area contributed by atoms with Crippen LogP contribution in [0.5, 0.6) is 17.2 Å². The molecule has 0 bridgehead atoms. The summed E-state index contributed by atoms with van der Waals surface area (Å²) in [6, 6.07) is 14.8. The SMILES string of the molecule is CCOc1cc(/C=C(\C#N)C(=O)Nc2ccc(OC)cc2[N+](=O)[O-])cc(Br)c1OCc1ccc(F)cc1. The van der Waals surface area contributed by atoms with E-state index in [2.05, 4.69) is 21.2 Å². The molecule has 0 unspecified atom stereocenters. The predicted octanol–water partition coefficient (Wildman–Crippen LogP) is 6.03. The zero-order valence-corrected chi connectivity index (χ0v) is 21.4. The van der Waals surface area contributed by atoms with Crippen LogP contribution in [-0.4, -0.2) is 24.5 Å². The molecule has 3 rings (SSSR count). The highest BCUT2D eigenvalue weighted by Crippen LogP contribution is 2.38. The van der Waals surface area contributed by atoms with Gasteiger partial charge >= 0.3 is 0 Å². The van der Waals surface area contributed by atoms with Crippen LogP contribution in [0.1, 0.15) is 18.1 Å². The molecule has 0 heterocycles. The van der Waals surface area contributed by atoms with Crippen LogP contribution in [0.25, 0.3) is 6.08 Å². The van der Waals surface area contributed by atoms with Gasteiger partial charge in [-0.3, -0.25) is 14.9 Å². The number of halogens is 2. The smallest absolute Gasteiger partial charge is 0.296 e. The molecule has 9 nitrogen and oxygen atoms in total. The Kier molecular flexibility index (Phi) is 9.18. The minimum absolute atomic E-state index is 0.0855. The molecule has 1 N–H and O–H groups in total. The first-order valence-corrected chi connectivity index (χ1v) is 11.6. The summed E-state index contributed by atoms with van der Waals surface area (Å²) < 4.78 is 30.2. The molecule has 0 aliphatic heterocycles. The second-order valence-electron chi connectivity index (χ2n) is 7.44. The molecule has 0 saturated carbocycles. The number of nitro benzene ring substituents is 1. The number of ether oxygens (including phenoxy) is 3. The van der Waals surface area contributed by atoms with Crippen LogP contribution >= 0.6 is 15.9 Å². The van der Waals surface area contributed by atoms with Crippen molar-refractivity contribution in [2.24, 2.45) is 0 Å². The number of carbonyl (C=O) groups is 1. The summed E-state index contributed by atoms with van der Waals surface area (Å²) in [6.45, 7) is 2.26. The zero-order valence-electron chi connectivity index (χ0n) is 19.8. The number of amides is 1. The molecule has 0 radical (unpaired) electrons. The van der Waals surface area contributed by atoms with Gasteiger partial charge in [0.2, 0.25) is 0 Å². The number of nitrogens with zero attached hydrogens (tertiary/aromatic N) is 2. The summed E-state index contributed by atoms with van der Waals surface area (Å²) >= 11 is 3.43. The maximum absolute atomic E-state index is 13.2. The van der Waals surface area contributed by atoms with E-state index in [1.54, 1.807) is 31.2 Å². The Morgan fingerprint density at radius 1 is 1.19 bits per heavy atom. The molecule has 0 spiro atoms. The summed E-state index contributed by atoms with van der Waals surface area (Å²) in [7, 11) is 1.36. The number of hydrogen-bond acceptors (Lipinski definition) is 7. The van der Waals surface area contributed by atoms with Gasteiger partial charge in [-0.15, -0.1) is 0 Å². The van der Waals surface area contributed by atoms with Crippen LogP contribution in [0.3, 0.4) is 0 Å². The van der Waals surface area contributed by atoms with Crippen LogP contribution in [0.2, 0.25) is 0 Å². The number of nitrogens with one attached hydrogen (secondary N) is 1. The minimum Gasteiger partial charge on any atom is -0.496 e. The number of carbonyl (C=O) groups excluding carboxylic acids is 1. The second-order valence-corrected chi connectivity index (χ2v) is 8.30. The summed E-state index contributed by atoms with van der Waals surface area (Å²) in [5, 5.41) is 23.4. The summed E-state index contributed by atoms with van der Waals surface area (Å²) in [6.07, 6.45) is 1.32. The fourth-order valence-corrected chi connectivity index (χ4v) is 3.78. The van der Waals surface area contributed by atoms with Crippen molar-refractivity contribution in [2.45, 2.75) is 13.5 Å². The van der Waals surface area contributed by atoms with Crippen LogP contribution in [0.4, 0.5) is 15.8 Å². The van der Waals surface area contributed by atoms with E-state index in [-0.39, 0.29) is 35.1 Å². The van der Waals surface area contributed by atoms with Gasteiger partial charge in [0, 0.05) is 0 Å². The van der Waals surface area contributed by atoms with Crippen molar-refractivity contribution in [1.82, 2.24) is 0 Å². The Bertz CT molecular complexity index is 1390. The van der Waals surface area contributed by atoms with Crippen molar-refractivity contribution in [2.75, 3.05) is 19.0 Å². The van der Waals surface area contributed by atoms with E-state index in [0.717, 1.165) is 5.56 Å². The van der Waals surface area contributed by atoms with Crippen LogP contribution in [0, 0.1) is 27.3 Å². The van der Waals surface area contributed by atoms with E-state index >= 15 is 0 Å². The normalized spacial score (nSPS) is 10.8. The highest BCUT2D eigenvalue weighted by atomic mass is 79.9. The molecule has 0 atom stereocenters. The van der Waals surface area contributed by atoms with Crippen molar-refractivity contribution in [3.05, 3.63) is 91.7 Å². The first-order chi connectivity index (χ1) is 17.7. The molecule has 11 heteroatoms. The summed E-state index contributed by atoms with van der Waals surface area (Å²) in [5.41, 5.74) is 0.433. The van der Waals surface area contributed by atoms with Gasteiger partial charge in [-0.05, 0) is 76.5 Å². The number of nitriles is 1. The molecule has 0 aliphatic rings. The van der Waals surface area contributed by atoms with E-state index in [9.17, 15) is 24.6 Å². The Morgan fingerprint density at radius 2 is 1.92 bits per heavy atom. The third-order valence-electron chi connectivity index (χ3n) is 4.95. The molecule has 0 saturated heterocycles. The largest absolute Gasteiger partial charge is 0.496 e. The topological polar surface area (TPSA) is 124 Å². The van der Waals surface area contributed by atoms with Crippen molar-refractivity contribution in [3.8, 4) is 23.3 Å². The molecule has 0 aromatic heterocycles. The quantitative estimate of drug-likeness (QED) is 0.137. The molecule has 37 heavy (non-hydrogen) atoms. The lowest BCUT2D eigenvalue weighted by Crippen LogP contribution is -2.14. The van der Waals surface area contributed by atoms with Crippen molar-refractivity contribution in [3.63, 3.8) is 0 Å². The zero-order chi connectivity index (χ0) is 26.9. The van der Waals surface area contributed by atoms with E-state index in [4.69, 9.17) is 14.2 Å². The number of methoxy groups -OCH3 is 1. The van der Waals surface area contributed by atoms with Crippen LogP contribution in [0.15, 0.2) is 64.6 Å². The Morgan fingerprint density at radius 3 is 2.54 bits per heavy atom. The van der Waals surface area contributed by atoms with Gasteiger partial charge in [-0.2, -0.15) is 5.26 Å². The van der Waals surface area contributed by atoms with E-state index in [0.29, 0.717) is 28.1 Å². The lowest BCUT2D eigenvalue weighted by atomic mass is 10.1. The first-order valence-electron chi connectivity index (χ1n) is 10.8. The van der Waals surface area contributed by atoms with Crippen molar-refractivity contribution < 1.29 is 28.3 Å². The average molecular weight is 570 g/mol. The van der Waals surface area contributed by atoms with E-state index < -0.39 is 10.8 Å². The lowest BCUT2D eigenvalue weighted by Gasteiger charge is -2.15. The summed E-state index contributed by atoms with van der Waals surface area (Å²) in [5.74, 6) is -0.193. The second kappa shape index (κ2) is 12.5. The first kappa shape index (κ1) is 27.2. The molecule has 0 aliphatic carbocycles. The number of nitro groups is 1. The maximum Gasteiger partial charge on any atom is 0.296 e. The standard InChI is InChI=1S/C26H21BrFN3O6/c1-3-36-24-12-17(11-21(27)25(24)37-15-16-4-6-19(28)7-5-16)10-18(14-29)26(32)30-22-9-8-20(35-2)13-23(22)31(33)34/h4-13H,3,15H2,1-2H3,(H,30,32)/b18-10+. The van der Waals surface area contributed by atoms with Gasteiger partial charge in [-0.1, -0.05) is 12.1 Å². The Balaban J connectivity index is 1.87.